The first-order chi connectivity index (χ1) is 6.49. The first-order valence-corrected chi connectivity index (χ1v) is 5.09. The number of hydrogen-bond donors (Lipinski definition) is 1. The Hall–Kier alpha value is -0.960. The molecule has 3 heteroatoms. The van der Waals surface area contributed by atoms with E-state index in [0.717, 1.165) is 23.6 Å². The maximum Gasteiger partial charge on any atom is 0.145 e. The number of nitrogens with two attached hydrogens (primary N) is 1. The third kappa shape index (κ3) is 3.07. The fourth-order valence-corrected chi connectivity index (χ4v) is 1.38. The van der Waals surface area contributed by atoms with E-state index in [4.69, 9.17) is 5.73 Å². The standard InChI is InChI=1S/C11H19N3/c1-7(2)5-10-6-8(3)13-11(14-10)9(4)12/h6-7,9H,5,12H2,1-4H3. The molecule has 1 aromatic heterocycles. The number of hydrogen-bond acceptors (Lipinski definition) is 3. The monoisotopic (exact) mass is 193 g/mol. The van der Waals surface area contributed by atoms with Crippen molar-refractivity contribution < 1.29 is 0 Å². The molecule has 0 saturated heterocycles. The van der Waals surface area contributed by atoms with Gasteiger partial charge in [0.15, 0.2) is 0 Å². The molecule has 0 spiro atoms. The second-order valence-corrected chi connectivity index (χ2v) is 4.25. The Morgan fingerprint density at radius 2 is 1.93 bits per heavy atom. The average Bonchev–Trinajstić information content (AvgIpc) is 2.01. The van der Waals surface area contributed by atoms with Gasteiger partial charge in [0.25, 0.3) is 0 Å². The maximum absolute atomic E-state index is 5.76. The lowest BCUT2D eigenvalue weighted by Crippen LogP contribution is -2.12. The molecule has 0 radical (unpaired) electrons. The van der Waals surface area contributed by atoms with Crippen molar-refractivity contribution in [3.8, 4) is 0 Å². The average molecular weight is 193 g/mol. The normalized spacial score (nSPS) is 13.3. The highest BCUT2D eigenvalue weighted by molar-refractivity contribution is 5.11. The lowest BCUT2D eigenvalue weighted by molar-refractivity contribution is 0.621. The molecule has 0 aliphatic carbocycles. The highest BCUT2D eigenvalue weighted by Gasteiger charge is 2.07. The van der Waals surface area contributed by atoms with E-state index in [2.05, 4.69) is 23.8 Å². The first-order valence-electron chi connectivity index (χ1n) is 5.09. The number of aromatic nitrogens is 2. The van der Waals surface area contributed by atoms with Crippen molar-refractivity contribution in [2.24, 2.45) is 11.7 Å². The van der Waals surface area contributed by atoms with E-state index in [1.807, 2.05) is 19.9 Å². The molecule has 1 heterocycles. The van der Waals surface area contributed by atoms with Crippen molar-refractivity contribution in [3.63, 3.8) is 0 Å². The maximum atomic E-state index is 5.76. The molecule has 3 nitrogen and oxygen atoms in total. The van der Waals surface area contributed by atoms with Crippen LogP contribution in [0.4, 0.5) is 0 Å². The van der Waals surface area contributed by atoms with E-state index in [1.54, 1.807) is 0 Å². The van der Waals surface area contributed by atoms with Crippen LogP contribution in [0, 0.1) is 12.8 Å². The summed E-state index contributed by atoms with van der Waals surface area (Å²) in [4.78, 5) is 8.74. The van der Waals surface area contributed by atoms with E-state index in [1.165, 1.54) is 0 Å². The Morgan fingerprint density at radius 1 is 1.29 bits per heavy atom. The zero-order valence-corrected chi connectivity index (χ0v) is 9.41. The van der Waals surface area contributed by atoms with Crippen LogP contribution in [0.3, 0.4) is 0 Å². The van der Waals surface area contributed by atoms with Crippen molar-refractivity contribution in [2.45, 2.75) is 40.2 Å². The van der Waals surface area contributed by atoms with Gasteiger partial charge in [-0.3, -0.25) is 0 Å². The van der Waals surface area contributed by atoms with E-state index < -0.39 is 0 Å². The molecule has 14 heavy (non-hydrogen) atoms. The molecular weight excluding hydrogens is 174 g/mol. The summed E-state index contributed by atoms with van der Waals surface area (Å²) in [6.45, 7) is 8.26. The van der Waals surface area contributed by atoms with Gasteiger partial charge in [-0.2, -0.15) is 0 Å². The Morgan fingerprint density at radius 3 is 2.43 bits per heavy atom. The molecule has 0 aliphatic heterocycles. The van der Waals surface area contributed by atoms with E-state index >= 15 is 0 Å². The Labute approximate surface area is 85.8 Å². The fraction of sp³-hybridized carbons (Fsp3) is 0.636. The Kier molecular flexibility index (Phi) is 3.58. The van der Waals surface area contributed by atoms with Gasteiger partial charge in [0.2, 0.25) is 0 Å². The van der Waals surface area contributed by atoms with Crippen LogP contribution in [0.1, 0.15) is 44.0 Å². The molecular formula is C11H19N3. The second kappa shape index (κ2) is 4.51. The van der Waals surface area contributed by atoms with Crippen LogP contribution in [0.25, 0.3) is 0 Å². The predicted octanol–water partition coefficient (Wildman–Crippen LogP) is 2.00. The summed E-state index contributed by atoms with van der Waals surface area (Å²) >= 11 is 0. The van der Waals surface area contributed by atoms with Crippen molar-refractivity contribution in [1.82, 2.24) is 9.97 Å². The third-order valence-electron chi connectivity index (χ3n) is 1.95. The molecule has 0 bridgehead atoms. The molecule has 0 saturated carbocycles. The molecule has 0 aliphatic rings. The van der Waals surface area contributed by atoms with Gasteiger partial charge in [0, 0.05) is 11.4 Å². The second-order valence-electron chi connectivity index (χ2n) is 4.25. The van der Waals surface area contributed by atoms with Crippen LogP contribution in [-0.4, -0.2) is 9.97 Å². The van der Waals surface area contributed by atoms with Crippen molar-refractivity contribution >= 4 is 0 Å². The first kappa shape index (κ1) is 11.1. The van der Waals surface area contributed by atoms with Crippen LogP contribution in [0.5, 0.6) is 0 Å². The third-order valence-corrected chi connectivity index (χ3v) is 1.95. The van der Waals surface area contributed by atoms with E-state index in [9.17, 15) is 0 Å². The van der Waals surface area contributed by atoms with Gasteiger partial charge in [-0.15, -0.1) is 0 Å². The van der Waals surface area contributed by atoms with Crippen LogP contribution in [0.2, 0.25) is 0 Å². The lowest BCUT2D eigenvalue weighted by atomic mass is 10.1. The van der Waals surface area contributed by atoms with Crippen molar-refractivity contribution in [1.29, 1.82) is 0 Å². The SMILES string of the molecule is Cc1cc(CC(C)C)nc(C(C)N)n1. The van der Waals surface area contributed by atoms with E-state index in [-0.39, 0.29) is 6.04 Å². The molecule has 0 amide bonds. The molecule has 1 unspecified atom stereocenters. The highest BCUT2D eigenvalue weighted by Crippen LogP contribution is 2.10. The molecule has 78 valence electrons. The quantitative estimate of drug-likeness (QED) is 0.798. The number of rotatable bonds is 3. The molecule has 1 atom stereocenters. The van der Waals surface area contributed by atoms with Crippen LogP contribution >= 0.6 is 0 Å². The molecule has 1 rings (SSSR count). The Bertz CT molecular complexity index is 305. The van der Waals surface area contributed by atoms with Gasteiger partial charge in [-0.1, -0.05) is 13.8 Å². The molecule has 1 aromatic rings. The predicted molar refractivity (Wildman–Crippen MR) is 57.9 cm³/mol. The topological polar surface area (TPSA) is 51.8 Å². The summed E-state index contributed by atoms with van der Waals surface area (Å²) in [6.07, 6.45) is 0.989. The van der Waals surface area contributed by atoms with Crippen molar-refractivity contribution in [2.75, 3.05) is 0 Å². The summed E-state index contributed by atoms with van der Waals surface area (Å²) in [5.74, 6) is 1.37. The minimum Gasteiger partial charge on any atom is -0.322 e. The van der Waals surface area contributed by atoms with Crippen LogP contribution < -0.4 is 5.73 Å². The van der Waals surface area contributed by atoms with Gasteiger partial charge in [0.1, 0.15) is 5.82 Å². The zero-order valence-electron chi connectivity index (χ0n) is 9.41. The molecule has 0 fully saturated rings. The van der Waals surface area contributed by atoms with Gasteiger partial charge < -0.3 is 5.73 Å². The highest BCUT2D eigenvalue weighted by atomic mass is 14.9. The summed E-state index contributed by atoms with van der Waals surface area (Å²) < 4.78 is 0. The summed E-state index contributed by atoms with van der Waals surface area (Å²) in [6, 6.07) is 1.95. The van der Waals surface area contributed by atoms with Crippen LogP contribution in [-0.2, 0) is 6.42 Å². The van der Waals surface area contributed by atoms with Crippen molar-refractivity contribution in [3.05, 3.63) is 23.3 Å². The van der Waals surface area contributed by atoms with Crippen LogP contribution in [0.15, 0.2) is 6.07 Å². The number of aryl methyl sites for hydroxylation is 1. The van der Waals surface area contributed by atoms with Gasteiger partial charge >= 0.3 is 0 Å². The van der Waals surface area contributed by atoms with Gasteiger partial charge in [-0.25, -0.2) is 9.97 Å². The molecule has 2 N–H and O–H groups in total. The minimum absolute atomic E-state index is 0.0826. The van der Waals surface area contributed by atoms with Gasteiger partial charge in [0.05, 0.1) is 6.04 Å². The largest absolute Gasteiger partial charge is 0.322 e. The summed E-state index contributed by atoms with van der Waals surface area (Å²) in [5, 5.41) is 0. The summed E-state index contributed by atoms with van der Waals surface area (Å²) in [7, 11) is 0. The Balaban J connectivity index is 2.95. The number of nitrogens with zero attached hydrogens (tertiary/aromatic N) is 2. The minimum atomic E-state index is -0.0826. The molecule has 0 aromatic carbocycles. The summed E-state index contributed by atoms with van der Waals surface area (Å²) in [5.41, 5.74) is 7.86. The van der Waals surface area contributed by atoms with E-state index in [0.29, 0.717) is 5.92 Å². The fourth-order valence-electron chi connectivity index (χ4n) is 1.38. The zero-order chi connectivity index (χ0) is 10.7. The smallest absolute Gasteiger partial charge is 0.145 e. The lowest BCUT2D eigenvalue weighted by Gasteiger charge is -2.09. The van der Waals surface area contributed by atoms with Gasteiger partial charge in [-0.05, 0) is 32.3 Å².